The molecule has 0 spiro atoms. The van der Waals surface area contributed by atoms with Gasteiger partial charge in [-0.1, -0.05) is 12.1 Å². The molecular formula is C16H21N3O7. The summed E-state index contributed by atoms with van der Waals surface area (Å²) in [6.45, 7) is -0.619. The summed E-state index contributed by atoms with van der Waals surface area (Å²) in [6.07, 6.45) is -0.380. The molecule has 1 aromatic carbocycles. The lowest BCUT2D eigenvalue weighted by molar-refractivity contribution is -0.138. The van der Waals surface area contributed by atoms with Gasteiger partial charge in [0, 0.05) is 12.8 Å². The molecule has 0 heterocycles. The maximum atomic E-state index is 12.2. The fourth-order valence-electron chi connectivity index (χ4n) is 2.05. The fourth-order valence-corrected chi connectivity index (χ4v) is 2.05. The van der Waals surface area contributed by atoms with Crippen molar-refractivity contribution in [2.45, 2.75) is 31.3 Å². The molecule has 0 aromatic heterocycles. The van der Waals surface area contributed by atoms with Crippen LogP contribution in [0.25, 0.3) is 0 Å². The number of nitrogens with one attached hydrogen (secondary N) is 2. The highest BCUT2D eigenvalue weighted by Crippen LogP contribution is 2.11. The normalized spacial score (nSPS) is 12.7. The van der Waals surface area contributed by atoms with Crippen LogP contribution in [0.4, 0.5) is 0 Å². The summed E-state index contributed by atoms with van der Waals surface area (Å²) in [5.74, 6) is -3.76. The Labute approximate surface area is 149 Å². The summed E-state index contributed by atoms with van der Waals surface area (Å²) in [4.78, 5) is 45.4. The molecule has 26 heavy (non-hydrogen) atoms. The first-order valence-corrected chi connectivity index (χ1v) is 7.74. The van der Waals surface area contributed by atoms with E-state index < -0.39 is 42.4 Å². The Morgan fingerprint density at radius 2 is 1.62 bits per heavy atom. The van der Waals surface area contributed by atoms with Gasteiger partial charge in [-0.25, -0.2) is 0 Å². The van der Waals surface area contributed by atoms with Crippen LogP contribution in [0.3, 0.4) is 0 Å². The Kier molecular flexibility index (Phi) is 8.03. The first kappa shape index (κ1) is 20.9. The Balaban J connectivity index is 2.80. The molecule has 7 N–H and O–H groups in total. The molecule has 10 heteroatoms. The van der Waals surface area contributed by atoms with Crippen molar-refractivity contribution in [1.29, 1.82) is 0 Å². The molecule has 0 aliphatic rings. The third-order valence-corrected chi connectivity index (χ3v) is 3.43. The lowest BCUT2D eigenvalue weighted by Crippen LogP contribution is -2.53. The van der Waals surface area contributed by atoms with Crippen LogP contribution in [0.5, 0.6) is 5.75 Å². The average molecular weight is 367 g/mol. The number of hydrogen-bond donors (Lipinski definition) is 6. The molecular weight excluding hydrogens is 346 g/mol. The van der Waals surface area contributed by atoms with Crippen molar-refractivity contribution in [2.75, 3.05) is 6.54 Å². The number of carboxylic acid groups (broad SMARTS) is 2. The molecule has 0 saturated heterocycles. The minimum Gasteiger partial charge on any atom is -0.508 e. The molecule has 0 unspecified atom stereocenters. The first-order valence-electron chi connectivity index (χ1n) is 7.74. The molecule has 0 radical (unpaired) electrons. The van der Waals surface area contributed by atoms with Crippen LogP contribution in [0.15, 0.2) is 24.3 Å². The van der Waals surface area contributed by atoms with E-state index in [0.717, 1.165) is 0 Å². The van der Waals surface area contributed by atoms with E-state index in [9.17, 15) is 24.3 Å². The Morgan fingerprint density at radius 1 is 1.00 bits per heavy atom. The summed E-state index contributed by atoms with van der Waals surface area (Å²) in [7, 11) is 0. The third-order valence-electron chi connectivity index (χ3n) is 3.43. The second kappa shape index (κ2) is 9.99. The van der Waals surface area contributed by atoms with Gasteiger partial charge in [-0.2, -0.15) is 0 Å². The number of benzene rings is 1. The van der Waals surface area contributed by atoms with Crippen LogP contribution >= 0.6 is 0 Å². The molecule has 1 aromatic rings. The van der Waals surface area contributed by atoms with E-state index in [4.69, 9.17) is 15.9 Å². The fraction of sp³-hybridized carbons (Fsp3) is 0.375. The molecule has 142 valence electrons. The summed E-state index contributed by atoms with van der Waals surface area (Å²) < 4.78 is 0. The largest absolute Gasteiger partial charge is 0.508 e. The quantitative estimate of drug-likeness (QED) is 0.299. The molecule has 0 aliphatic heterocycles. The minimum absolute atomic E-state index is 0.0281. The zero-order valence-corrected chi connectivity index (χ0v) is 13.8. The van der Waals surface area contributed by atoms with E-state index in [1.165, 1.54) is 12.1 Å². The summed E-state index contributed by atoms with van der Waals surface area (Å²) in [5.41, 5.74) is 6.22. The van der Waals surface area contributed by atoms with Gasteiger partial charge in [-0.05, 0) is 24.1 Å². The smallest absolute Gasteiger partial charge is 0.322 e. The zero-order valence-electron chi connectivity index (χ0n) is 13.8. The lowest BCUT2D eigenvalue weighted by Gasteiger charge is -2.20. The second-order valence-corrected chi connectivity index (χ2v) is 5.58. The lowest BCUT2D eigenvalue weighted by atomic mass is 10.0. The van der Waals surface area contributed by atoms with E-state index in [1.807, 2.05) is 0 Å². The van der Waals surface area contributed by atoms with Gasteiger partial charge in [0.05, 0.1) is 6.04 Å². The van der Waals surface area contributed by atoms with Crippen LogP contribution in [0.2, 0.25) is 0 Å². The number of rotatable bonds is 10. The molecule has 0 aliphatic carbocycles. The van der Waals surface area contributed by atoms with Crippen molar-refractivity contribution < 1.29 is 34.5 Å². The van der Waals surface area contributed by atoms with Crippen molar-refractivity contribution in [3.05, 3.63) is 29.8 Å². The summed E-state index contributed by atoms with van der Waals surface area (Å²) >= 11 is 0. The number of aromatic hydroxyl groups is 1. The number of carbonyl (C=O) groups excluding carboxylic acids is 2. The minimum atomic E-state index is -1.24. The van der Waals surface area contributed by atoms with Gasteiger partial charge in [0.2, 0.25) is 11.8 Å². The van der Waals surface area contributed by atoms with Crippen LogP contribution in [-0.2, 0) is 25.6 Å². The van der Waals surface area contributed by atoms with E-state index in [-0.39, 0.29) is 25.0 Å². The maximum Gasteiger partial charge on any atom is 0.322 e. The van der Waals surface area contributed by atoms with Gasteiger partial charge in [-0.3, -0.25) is 19.2 Å². The average Bonchev–Trinajstić information content (AvgIpc) is 2.58. The third kappa shape index (κ3) is 7.62. The maximum absolute atomic E-state index is 12.2. The predicted octanol–water partition coefficient (Wildman–Crippen LogP) is -1.19. The Hall–Kier alpha value is -3.14. The zero-order chi connectivity index (χ0) is 19.7. The SMILES string of the molecule is N[C@@H](CCC(=O)O)C(=O)N[C@@H](Cc1ccc(O)cc1)C(=O)NCC(=O)O. The van der Waals surface area contributed by atoms with Gasteiger partial charge in [0.15, 0.2) is 0 Å². The van der Waals surface area contributed by atoms with Crippen LogP contribution in [0, 0.1) is 0 Å². The first-order chi connectivity index (χ1) is 12.2. The highest BCUT2D eigenvalue weighted by Gasteiger charge is 2.24. The molecule has 2 atom stereocenters. The Bertz CT molecular complexity index is 660. The van der Waals surface area contributed by atoms with Crippen LogP contribution < -0.4 is 16.4 Å². The van der Waals surface area contributed by atoms with Gasteiger partial charge in [0.25, 0.3) is 0 Å². The monoisotopic (exact) mass is 367 g/mol. The number of phenolic OH excluding ortho intramolecular Hbond substituents is 1. The van der Waals surface area contributed by atoms with E-state index >= 15 is 0 Å². The second-order valence-electron chi connectivity index (χ2n) is 5.58. The Morgan fingerprint density at radius 3 is 2.15 bits per heavy atom. The summed E-state index contributed by atoms with van der Waals surface area (Å²) in [6, 6.07) is 3.67. The topological polar surface area (TPSA) is 179 Å². The number of aliphatic carboxylic acids is 2. The number of phenols is 1. The van der Waals surface area contributed by atoms with Gasteiger partial charge < -0.3 is 31.7 Å². The number of carboxylic acids is 2. The number of carbonyl (C=O) groups is 4. The highest BCUT2D eigenvalue weighted by atomic mass is 16.4. The predicted molar refractivity (Wildman–Crippen MR) is 89.2 cm³/mol. The molecule has 0 fully saturated rings. The molecule has 1 rings (SSSR count). The van der Waals surface area contributed by atoms with E-state index in [1.54, 1.807) is 12.1 Å². The molecule has 0 bridgehead atoms. The highest BCUT2D eigenvalue weighted by molar-refractivity contribution is 5.91. The van der Waals surface area contributed by atoms with Crippen molar-refractivity contribution in [2.24, 2.45) is 5.73 Å². The molecule has 0 saturated carbocycles. The van der Waals surface area contributed by atoms with Gasteiger partial charge >= 0.3 is 11.9 Å². The van der Waals surface area contributed by atoms with Crippen LogP contribution in [-0.4, -0.2) is 57.7 Å². The number of hydrogen-bond acceptors (Lipinski definition) is 6. The molecule has 10 nitrogen and oxygen atoms in total. The van der Waals surface area contributed by atoms with E-state index in [0.29, 0.717) is 5.56 Å². The van der Waals surface area contributed by atoms with Gasteiger partial charge in [-0.15, -0.1) is 0 Å². The standard InChI is InChI=1S/C16H21N3O7/c17-11(5-6-13(21)22)15(25)19-12(16(26)18-8-14(23)24)7-9-1-3-10(20)4-2-9/h1-4,11-12,20H,5-8,17H2,(H,18,26)(H,19,25)(H,21,22)(H,23,24)/t11-,12-/m0/s1. The van der Waals surface area contributed by atoms with E-state index in [2.05, 4.69) is 10.6 Å². The molecule has 2 amide bonds. The van der Waals surface area contributed by atoms with Crippen molar-refractivity contribution in [1.82, 2.24) is 10.6 Å². The van der Waals surface area contributed by atoms with Crippen LogP contribution in [0.1, 0.15) is 18.4 Å². The van der Waals surface area contributed by atoms with Crippen molar-refractivity contribution in [3.63, 3.8) is 0 Å². The summed E-state index contributed by atoms with van der Waals surface area (Å²) in [5, 5.41) is 31.1. The number of nitrogens with two attached hydrogens (primary N) is 1. The van der Waals surface area contributed by atoms with Crippen molar-refractivity contribution >= 4 is 23.8 Å². The van der Waals surface area contributed by atoms with Gasteiger partial charge in [0.1, 0.15) is 18.3 Å². The van der Waals surface area contributed by atoms with Crippen molar-refractivity contribution in [3.8, 4) is 5.75 Å². The number of amides is 2.